The third kappa shape index (κ3) is 3.62. The molecule has 1 heterocycles. The summed E-state index contributed by atoms with van der Waals surface area (Å²) in [5.74, 6) is 3.16. The molecule has 0 aliphatic carbocycles. The molecule has 2 aromatic rings. The lowest BCUT2D eigenvalue weighted by Gasteiger charge is -2.19. The van der Waals surface area contributed by atoms with E-state index in [1.165, 1.54) is 0 Å². The van der Waals surface area contributed by atoms with Gasteiger partial charge in [0.2, 0.25) is 0 Å². The summed E-state index contributed by atoms with van der Waals surface area (Å²) < 4.78 is 10.6. The predicted octanol–water partition coefficient (Wildman–Crippen LogP) is 2.75. The minimum absolute atomic E-state index is 0.732. The van der Waals surface area contributed by atoms with E-state index in [2.05, 4.69) is 14.9 Å². The van der Waals surface area contributed by atoms with Crippen LogP contribution in [0.15, 0.2) is 24.3 Å². The summed E-state index contributed by atoms with van der Waals surface area (Å²) in [7, 11) is 5.29. The van der Waals surface area contributed by atoms with Crippen LogP contribution in [0.2, 0.25) is 0 Å². The van der Waals surface area contributed by atoms with Gasteiger partial charge in [-0.1, -0.05) is 6.07 Å². The number of nitrogens with zero attached hydrogens (tertiary/aromatic N) is 3. The quantitative estimate of drug-likeness (QED) is 0.846. The second-order valence-corrected chi connectivity index (χ2v) is 4.96. The average Bonchev–Trinajstić information content (AvgIpc) is 2.46. The molecule has 0 saturated heterocycles. The van der Waals surface area contributed by atoms with Gasteiger partial charge in [-0.3, -0.25) is 0 Å². The SMILES string of the molecule is COc1ccc(CN(C)c2cc(C)nc(C)n2)cc1OC. The number of aryl methyl sites for hydroxylation is 2. The first-order valence-electron chi connectivity index (χ1n) is 6.78. The molecule has 0 aliphatic rings. The largest absolute Gasteiger partial charge is 0.493 e. The van der Waals surface area contributed by atoms with Crippen molar-refractivity contribution < 1.29 is 9.47 Å². The fourth-order valence-corrected chi connectivity index (χ4v) is 2.23. The molecule has 5 nitrogen and oxygen atoms in total. The Morgan fingerprint density at radius 2 is 1.71 bits per heavy atom. The summed E-state index contributed by atoms with van der Waals surface area (Å²) >= 11 is 0. The molecule has 0 aliphatic heterocycles. The Bertz CT molecular complexity index is 609. The average molecular weight is 287 g/mol. The lowest BCUT2D eigenvalue weighted by atomic mass is 10.2. The van der Waals surface area contributed by atoms with Gasteiger partial charge in [0.25, 0.3) is 0 Å². The number of hydrogen-bond donors (Lipinski definition) is 0. The number of anilines is 1. The van der Waals surface area contributed by atoms with Crippen molar-refractivity contribution in [3.63, 3.8) is 0 Å². The van der Waals surface area contributed by atoms with Crippen LogP contribution in [0.25, 0.3) is 0 Å². The molecule has 0 radical (unpaired) electrons. The van der Waals surface area contributed by atoms with Crippen LogP contribution in [-0.2, 0) is 6.54 Å². The van der Waals surface area contributed by atoms with Crippen LogP contribution in [0.1, 0.15) is 17.1 Å². The summed E-state index contributed by atoms with van der Waals surface area (Å²) in [4.78, 5) is 10.9. The highest BCUT2D eigenvalue weighted by atomic mass is 16.5. The van der Waals surface area contributed by atoms with Crippen LogP contribution >= 0.6 is 0 Å². The Morgan fingerprint density at radius 3 is 2.33 bits per heavy atom. The number of aromatic nitrogens is 2. The first-order chi connectivity index (χ1) is 10.0. The predicted molar refractivity (Wildman–Crippen MR) is 83.2 cm³/mol. The lowest BCUT2D eigenvalue weighted by molar-refractivity contribution is 0.354. The molecular weight excluding hydrogens is 266 g/mol. The Balaban J connectivity index is 2.20. The Hall–Kier alpha value is -2.30. The maximum absolute atomic E-state index is 5.33. The zero-order valence-corrected chi connectivity index (χ0v) is 13.2. The van der Waals surface area contributed by atoms with E-state index >= 15 is 0 Å². The van der Waals surface area contributed by atoms with Gasteiger partial charge in [0.1, 0.15) is 11.6 Å². The number of ether oxygens (including phenoxy) is 2. The molecular formula is C16H21N3O2. The van der Waals surface area contributed by atoms with Crippen molar-refractivity contribution in [2.45, 2.75) is 20.4 Å². The number of benzene rings is 1. The van der Waals surface area contributed by atoms with E-state index in [4.69, 9.17) is 9.47 Å². The second kappa shape index (κ2) is 6.43. The number of methoxy groups -OCH3 is 2. The van der Waals surface area contributed by atoms with Gasteiger partial charge in [0.05, 0.1) is 14.2 Å². The Morgan fingerprint density at radius 1 is 1.00 bits per heavy atom. The molecule has 0 fully saturated rings. The maximum atomic E-state index is 5.33. The molecule has 0 saturated carbocycles. The number of hydrogen-bond acceptors (Lipinski definition) is 5. The van der Waals surface area contributed by atoms with Crippen molar-refractivity contribution in [3.05, 3.63) is 41.3 Å². The van der Waals surface area contributed by atoms with Crippen LogP contribution < -0.4 is 14.4 Å². The standard InChI is InChI=1S/C16H21N3O2/c1-11-8-16(18-12(2)17-11)19(3)10-13-6-7-14(20-4)15(9-13)21-5/h6-9H,10H2,1-5H3. The van der Waals surface area contributed by atoms with E-state index < -0.39 is 0 Å². The van der Waals surface area contributed by atoms with Crippen molar-refractivity contribution in [2.24, 2.45) is 0 Å². The van der Waals surface area contributed by atoms with Crippen LogP contribution in [0.3, 0.4) is 0 Å². The van der Waals surface area contributed by atoms with Gasteiger partial charge >= 0.3 is 0 Å². The van der Waals surface area contributed by atoms with Crippen molar-refractivity contribution in [2.75, 3.05) is 26.2 Å². The van der Waals surface area contributed by atoms with Gasteiger partial charge in [0, 0.05) is 25.4 Å². The van der Waals surface area contributed by atoms with E-state index in [-0.39, 0.29) is 0 Å². The van der Waals surface area contributed by atoms with Gasteiger partial charge in [-0.05, 0) is 31.5 Å². The summed E-state index contributed by atoms with van der Waals surface area (Å²) in [6, 6.07) is 7.90. The van der Waals surface area contributed by atoms with Crippen molar-refractivity contribution >= 4 is 5.82 Å². The molecule has 1 aromatic heterocycles. The van der Waals surface area contributed by atoms with Crippen LogP contribution in [-0.4, -0.2) is 31.2 Å². The van der Waals surface area contributed by atoms with E-state index in [9.17, 15) is 0 Å². The highest BCUT2D eigenvalue weighted by Gasteiger charge is 2.09. The monoisotopic (exact) mass is 287 g/mol. The first-order valence-corrected chi connectivity index (χ1v) is 6.78. The fourth-order valence-electron chi connectivity index (χ4n) is 2.23. The molecule has 0 bridgehead atoms. The Labute approximate surface area is 125 Å². The highest BCUT2D eigenvalue weighted by molar-refractivity contribution is 5.45. The molecule has 21 heavy (non-hydrogen) atoms. The van der Waals surface area contributed by atoms with E-state index in [1.54, 1.807) is 14.2 Å². The minimum atomic E-state index is 0.732. The number of rotatable bonds is 5. The molecule has 2 rings (SSSR count). The third-order valence-electron chi connectivity index (χ3n) is 3.21. The second-order valence-electron chi connectivity index (χ2n) is 4.96. The maximum Gasteiger partial charge on any atom is 0.161 e. The fraction of sp³-hybridized carbons (Fsp3) is 0.375. The van der Waals surface area contributed by atoms with Crippen molar-refractivity contribution in [1.29, 1.82) is 0 Å². The molecule has 112 valence electrons. The summed E-state index contributed by atoms with van der Waals surface area (Å²) in [5, 5.41) is 0. The molecule has 0 unspecified atom stereocenters. The molecule has 0 N–H and O–H groups in total. The third-order valence-corrected chi connectivity index (χ3v) is 3.21. The van der Waals surface area contributed by atoms with Gasteiger partial charge in [-0.25, -0.2) is 9.97 Å². The van der Waals surface area contributed by atoms with Crippen molar-refractivity contribution in [3.8, 4) is 11.5 Å². The summed E-state index contributed by atoms with van der Waals surface area (Å²) in [6.07, 6.45) is 0. The van der Waals surface area contributed by atoms with Gasteiger partial charge < -0.3 is 14.4 Å². The molecule has 0 amide bonds. The van der Waals surface area contributed by atoms with Gasteiger partial charge in [0.15, 0.2) is 11.5 Å². The lowest BCUT2D eigenvalue weighted by Crippen LogP contribution is -2.18. The first kappa shape index (κ1) is 15.1. The van der Waals surface area contributed by atoms with E-state index in [0.717, 1.165) is 40.9 Å². The molecule has 0 atom stereocenters. The molecule has 5 heteroatoms. The molecule has 0 spiro atoms. The van der Waals surface area contributed by atoms with Gasteiger partial charge in [-0.2, -0.15) is 0 Å². The summed E-state index contributed by atoms with van der Waals surface area (Å²) in [5.41, 5.74) is 2.10. The highest BCUT2D eigenvalue weighted by Crippen LogP contribution is 2.28. The summed E-state index contributed by atoms with van der Waals surface area (Å²) in [6.45, 7) is 4.61. The van der Waals surface area contributed by atoms with Crippen LogP contribution in [0, 0.1) is 13.8 Å². The normalized spacial score (nSPS) is 10.3. The van der Waals surface area contributed by atoms with Gasteiger partial charge in [-0.15, -0.1) is 0 Å². The molecule has 1 aromatic carbocycles. The smallest absolute Gasteiger partial charge is 0.161 e. The Kier molecular flexibility index (Phi) is 4.62. The van der Waals surface area contributed by atoms with E-state index in [1.807, 2.05) is 45.2 Å². The van der Waals surface area contributed by atoms with Crippen molar-refractivity contribution in [1.82, 2.24) is 9.97 Å². The zero-order valence-electron chi connectivity index (χ0n) is 13.2. The zero-order chi connectivity index (χ0) is 15.4. The van der Waals surface area contributed by atoms with Crippen LogP contribution in [0.5, 0.6) is 11.5 Å². The minimum Gasteiger partial charge on any atom is -0.493 e. The topological polar surface area (TPSA) is 47.5 Å². The van der Waals surface area contributed by atoms with E-state index in [0.29, 0.717) is 0 Å². The van der Waals surface area contributed by atoms with Crippen LogP contribution in [0.4, 0.5) is 5.82 Å².